The van der Waals surface area contributed by atoms with Crippen molar-refractivity contribution in [3.63, 3.8) is 0 Å². The van der Waals surface area contributed by atoms with Gasteiger partial charge in [0.2, 0.25) is 12.7 Å². The van der Waals surface area contributed by atoms with Gasteiger partial charge >= 0.3 is 6.18 Å². The monoisotopic (exact) mass is 250 g/mol. The van der Waals surface area contributed by atoms with E-state index in [4.69, 9.17) is 11.5 Å². The molecule has 0 unspecified atom stereocenters. The van der Waals surface area contributed by atoms with E-state index in [-0.39, 0.29) is 6.54 Å². The smallest absolute Gasteiger partial charge is 0.401 e. The third kappa shape index (κ3) is 4.66. The van der Waals surface area contributed by atoms with E-state index in [0.29, 0.717) is 17.1 Å². The van der Waals surface area contributed by atoms with Gasteiger partial charge in [-0.3, -0.25) is 0 Å². The number of hydrogen-bond donors (Lipinski definition) is 4. The molecule has 1 heterocycles. The summed E-state index contributed by atoms with van der Waals surface area (Å²) in [5.41, 5.74) is 12.1. The minimum absolute atomic E-state index is 0.176. The van der Waals surface area contributed by atoms with Crippen LogP contribution in [0.25, 0.3) is 0 Å². The Hall–Kier alpha value is -1.86. The lowest BCUT2D eigenvalue weighted by Crippen LogP contribution is -2.41. The summed E-state index contributed by atoms with van der Waals surface area (Å²) >= 11 is 0. The van der Waals surface area contributed by atoms with Gasteiger partial charge in [0.15, 0.2) is 0 Å². The molecule has 96 valence electrons. The van der Waals surface area contributed by atoms with Crippen LogP contribution >= 0.6 is 0 Å². The van der Waals surface area contributed by atoms with Crippen molar-refractivity contribution in [2.75, 3.05) is 12.3 Å². The first-order chi connectivity index (χ1) is 7.78. The van der Waals surface area contributed by atoms with Crippen LogP contribution in [0.3, 0.4) is 0 Å². The van der Waals surface area contributed by atoms with Crippen LogP contribution in [-0.4, -0.2) is 17.8 Å². The second-order valence-electron chi connectivity index (χ2n) is 3.66. The number of aromatic amines is 1. The summed E-state index contributed by atoms with van der Waals surface area (Å²) in [5, 5.41) is 5.03. The largest absolute Gasteiger partial charge is 0.405 e. The zero-order valence-corrected chi connectivity index (χ0v) is 9.30. The molecule has 6 N–H and O–H groups in total. The van der Waals surface area contributed by atoms with Gasteiger partial charge in [-0.15, -0.1) is 4.68 Å². The number of rotatable bonds is 4. The molecule has 0 aliphatic carbocycles. The van der Waals surface area contributed by atoms with Crippen LogP contribution in [0.1, 0.15) is 6.92 Å². The molecular formula is C9H15F3N5+. The fraction of sp³-hybridized carbons (Fsp3) is 0.444. The number of aromatic nitrogens is 2. The van der Waals surface area contributed by atoms with E-state index in [1.807, 2.05) is 0 Å². The lowest BCUT2D eigenvalue weighted by Gasteiger charge is -2.11. The Kier molecular flexibility index (Phi) is 3.87. The fourth-order valence-electron chi connectivity index (χ4n) is 1.20. The predicted octanol–water partition coefficient (Wildman–Crippen LogP) is 0.226. The molecule has 0 spiro atoms. The number of nitrogens with two attached hydrogens (primary N) is 2. The van der Waals surface area contributed by atoms with Crippen LogP contribution < -0.4 is 21.5 Å². The first kappa shape index (κ1) is 13.2. The molecule has 0 amide bonds. The Morgan fingerprint density at radius 3 is 2.59 bits per heavy atom. The normalized spacial score (nSPS) is 13.4. The first-order valence-electron chi connectivity index (χ1n) is 4.87. The molecule has 5 nitrogen and oxygen atoms in total. The molecule has 1 aromatic rings. The third-order valence-electron chi connectivity index (χ3n) is 2.01. The number of allylic oxidation sites excluding steroid dienone is 2. The Morgan fingerprint density at radius 2 is 2.18 bits per heavy atom. The van der Waals surface area contributed by atoms with Gasteiger partial charge in [0.1, 0.15) is 12.2 Å². The molecule has 0 radical (unpaired) electrons. The predicted molar refractivity (Wildman–Crippen MR) is 56.3 cm³/mol. The Bertz CT molecular complexity index is 403. The quantitative estimate of drug-likeness (QED) is 0.577. The molecule has 0 bridgehead atoms. The van der Waals surface area contributed by atoms with Gasteiger partial charge in [-0.2, -0.15) is 18.3 Å². The Labute approximate surface area is 96.3 Å². The first-order valence-corrected chi connectivity index (χ1v) is 4.87. The van der Waals surface area contributed by atoms with Gasteiger partial charge < -0.3 is 16.8 Å². The summed E-state index contributed by atoms with van der Waals surface area (Å²) in [6, 6.07) is 0. The maximum absolute atomic E-state index is 12.1. The average Bonchev–Trinajstić information content (AvgIpc) is 2.56. The number of H-pyrrole nitrogens is 1. The third-order valence-corrected chi connectivity index (χ3v) is 2.01. The van der Waals surface area contributed by atoms with E-state index in [1.165, 1.54) is 17.8 Å². The number of halogens is 3. The number of nitrogens with one attached hydrogen (secondary N) is 2. The summed E-state index contributed by atoms with van der Waals surface area (Å²) < 4.78 is 37.7. The summed E-state index contributed by atoms with van der Waals surface area (Å²) in [4.78, 5) is 0. The van der Waals surface area contributed by atoms with Crippen molar-refractivity contribution in [3.05, 3.63) is 23.8 Å². The van der Waals surface area contributed by atoms with Crippen molar-refractivity contribution in [1.29, 1.82) is 0 Å². The molecule has 8 heteroatoms. The van der Waals surface area contributed by atoms with Crippen molar-refractivity contribution >= 4 is 5.69 Å². The number of alkyl halides is 3. The van der Waals surface area contributed by atoms with E-state index in [9.17, 15) is 13.2 Å². The van der Waals surface area contributed by atoms with Crippen molar-refractivity contribution in [2.24, 2.45) is 5.73 Å². The van der Waals surface area contributed by atoms with Crippen LogP contribution in [0, 0.1) is 0 Å². The van der Waals surface area contributed by atoms with E-state index in [2.05, 4.69) is 10.4 Å². The lowest BCUT2D eigenvalue weighted by molar-refractivity contribution is -0.743. The van der Waals surface area contributed by atoms with E-state index >= 15 is 0 Å². The van der Waals surface area contributed by atoms with Crippen LogP contribution in [0.5, 0.6) is 0 Å². The van der Waals surface area contributed by atoms with Gasteiger partial charge in [-0.25, -0.2) is 0 Å². The number of anilines is 1. The highest BCUT2D eigenvalue weighted by Crippen LogP contribution is 2.13. The molecule has 0 saturated heterocycles. The van der Waals surface area contributed by atoms with Gasteiger partial charge in [-0.05, 0) is 6.92 Å². The molecular weight excluding hydrogens is 235 g/mol. The molecule has 0 aliphatic rings. The summed E-state index contributed by atoms with van der Waals surface area (Å²) in [7, 11) is 0. The highest BCUT2D eigenvalue weighted by molar-refractivity contribution is 5.27. The molecule has 0 atom stereocenters. The Morgan fingerprint density at radius 1 is 1.53 bits per heavy atom. The molecule has 17 heavy (non-hydrogen) atoms. The minimum Gasteiger partial charge on any atom is -0.401 e. The van der Waals surface area contributed by atoms with E-state index in [1.54, 1.807) is 6.20 Å². The second-order valence-corrected chi connectivity index (χ2v) is 3.66. The average molecular weight is 250 g/mol. The minimum atomic E-state index is -4.28. The van der Waals surface area contributed by atoms with Gasteiger partial charge in [0.25, 0.3) is 0 Å². The standard InChI is InChI=1S/C9H14F3N5/c1-6(13)8(15-5-9(10,11)12)4-17-3-7(14)2-16-17/h2-3,15H,4-5,13-14H2,1H3/p+1/b8-6-. The van der Waals surface area contributed by atoms with Crippen LogP contribution in [0.2, 0.25) is 0 Å². The fourth-order valence-corrected chi connectivity index (χ4v) is 1.20. The van der Waals surface area contributed by atoms with Crippen LogP contribution in [0.4, 0.5) is 18.9 Å². The van der Waals surface area contributed by atoms with Gasteiger partial charge in [-0.1, -0.05) is 0 Å². The molecule has 1 aromatic heterocycles. The van der Waals surface area contributed by atoms with Crippen molar-refractivity contribution < 1.29 is 17.9 Å². The Balaban J connectivity index is 2.66. The molecule has 0 aliphatic heterocycles. The SMILES string of the molecule is C/C(N)=C(\C[n+]1cc(N)c[nH]1)NCC(F)(F)F. The second kappa shape index (κ2) is 4.98. The highest BCUT2D eigenvalue weighted by Gasteiger charge is 2.27. The van der Waals surface area contributed by atoms with Gasteiger partial charge in [0.05, 0.1) is 11.9 Å². The highest BCUT2D eigenvalue weighted by atomic mass is 19.4. The lowest BCUT2D eigenvalue weighted by atomic mass is 10.3. The maximum Gasteiger partial charge on any atom is 0.405 e. The maximum atomic E-state index is 12.1. The van der Waals surface area contributed by atoms with Crippen molar-refractivity contribution in [1.82, 2.24) is 10.4 Å². The van der Waals surface area contributed by atoms with Crippen molar-refractivity contribution in [2.45, 2.75) is 19.6 Å². The van der Waals surface area contributed by atoms with Crippen molar-refractivity contribution in [3.8, 4) is 0 Å². The summed E-state index contributed by atoms with van der Waals surface area (Å²) in [6.45, 7) is 0.592. The van der Waals surface area contributed by atoms with Gasteiger partial charge in [0, 0.05) is 5.70 Å². The molecule has 0 aromatic carbocycles. The van der Waals surface area contributed by atoms with Crippen LogP contribution in [0.15, 0.2) is 23.8 Å². The molecule has 0 saturated carbocycles. The van der Waals surface area contributed by atoms with Crippen LogP contribution in [-0.2, 0) is 6.54 Å². The van der Waals surface area contributed by atoms with E-state index < -0.39 is 12.7 Å². The number of nitrogen functional groups attached to an aromatic ring is 1. The van der Waals surface area contributed by atoms with E-state index in [0.717, 1.165) is 0 Å². The summed E-state index contributed by atoms with van der Waals surface area (Å²) in [5.74, 6) is 0. The summed E-state index contributed by atoms with van der Waals surface area (Å²) in [6.07, 6.45) is -1.18. The topological polar surface area (TPSA) is 83.7 Å². The molecule has 0 fully saturated rings. The number of nitrogens with zero attached hydrogens (tertiary/aromatic N) is 1. The number of hydrogen-bond acceptors (Lipinski definition) is 3. The zero-order chi connectivity index (χ0) is 13.1. The molecule has 1 rings (SSSR count). The zero-order valence-electron chi connectivity index (χ0n) is 9.30.